The third-order valence-electron chi connectivity index (χ3n) is 6.55. The fraction of sp³-hybridized carbons (Fsp3) is 0.333. The van der Waals surface area contributed by atoms with Crippen molar-refractivity contribution in [1.29, 1.82) is 0 Å². The number of aromatic nitrogens is 2. The highest BCUT2D eigenvalue weighted by molar-refractivity contribution is 6.33. The van der Waals surface area contributed by atoms with Crippen LogP contribution in [0.25, 0.3) is 0 Å². The molecule has 2 aliphatic heterocycles. The zero-order chi connectivity index (χ0) is 20.7. The fourth-order valence-electron chi connectivity index (χ4n) is 5.11. The van der Waals surface area contributed by atoms with Crippen LogP contribution in [0.3, 0.4) is 0 Å². The van der Waals surface area contributed by atoms with E-state index in [1.54, 1.807) is 6.07 Å². The molecule has 5 nitrogen and oxygen atoms in total. The molecule has 2 fully saturated rings. The molecule has 6 heteroatoms. The molecular weight excluding hydrogens is 396 g/mol. The summed E-state index contributed by atoms with van der Waals surface area (Å²) in [6, 6.07) is 17.9. The largest absolute Gasteiger partial charge is 0.337 e. The molecule has 3 aromatic rings. The molecule has 0 aliphatic carbocycles. The summed E-state index contributed by atoms with van der Waals surface area (Å²) in [6.07, 6.45) is 3.79. The van der Waals surface area contributed by atoms with Crippen molar-refractivity contribution in [2.75, 3.05) is 19.6 Å². The van der Waals surface area contributed by atoms with E-state index in [0.717, 1.165) is 26.2 Å². The molecule has 0 N–H and O–H groups in total. The van der Waals surface area contributed by atoms with Gasteiger partial charge in [0.05, 0.1) is 28.6 Å². The average Bonchev–Trinajstić information content (AvgIpc) is 3.43. The predicted molar refractivity (Wildman–Crippen MR) is 117 cm³/mol. The third-order valence-corrected chi connectivity index (χ3v) is 6.88. The van der Waals surface area contributed by atoms with E-state index < -0.39 is 0 Å². The number of amides is 1. The zero-order valence-electron chi connectivity index (χ0n) is 17.0. The smallest absolute Gasteiger partial charge is 0.255 e. The van der Waals surface area contributed by atoms with Crippen molar-refractivity contribution in [3.63, 3.8) is 0 Å². The molecule has 0 saturated carbocycles. The van der Waals surface area contributed by atoms with Crippen molar-refractivity contribution >= 4 is 17.5 Å². The molecule has 3 heterocycles. The molecule has 0 spiro atoms. The van der Waals surface area contributed by atoms with Crippen LogP contribution in [-0.2, 0) is 13.6 Å². The van der Waals surface area contributed by atoms with Gasteiger partial charge in [0.15, 0.2) is 0 Å². The Kier molecular flexibility index (Phi) is 5.09. The molecule has 0 radical (unpaired) electrons. The van der Waals surface area contributed by atoms with Crippen molar-refractivity contribution < 1.29 is 4.79 Å². The molecule has 0 unspecified atom stereocenters. The van der Waals surface area contributed by atoms with Crippen LogP contribution in [0.4, 0.5) is 0 Å². The lowest BCUT2D eigenvalue weighted by Crippen LogP contribution is -2.35. The normalized spacial score (nSPS) is 23.7. The number of carbonyl (C=O) groups excluding carboxylic acids is 1. The second-order valence-electron chi connectivity index (χ2n) is 8.41. The molecule has 1 aromatic heterocycles. The van der Waals surface area contributed by atoms with Gasteiger partial charge < -0.3 is 9.47 Å². The summed E-state index contributed by atoms with van der Waals surface area (Å²) >= 11 is 6.37. The summed E-state index contributed by atoms with van der Waals surface area (Å²) < 4.78 is 2.08. The lowest BCUT2D eigenvalue weighted by molar-refractivity contribution is 0.0699. The van der Waals surface area contributed by atoms with E-state index in [1.165, 1.54) is 11.3 Å². The predicted octanol–water partition coefficient (Wildman–Crippen LogP) is 4.02. The maximum absolute atomic E-state index is 13.5. The van der Waals surface area contributed by atoms with Crippen molar-refractivity contribution in [3.05, 3.63) is 89.0 Å². The highest BCUT2D eigenvalue weighted by Gasteiger charge is 2.49. The molecule has 1 amide bonds. The van der Waals surface area contributed by atoms with Crippen LogP contribution in [-0.4, -0.2) is 44.9 Å². The zero-order valence-corrected chi connectivity index (χ0v) is 17.7. The van der Waals surface area contributed by atoms with Gasteiger partial charge in [-0.05, 0) is 23.6 Å². The molecule has 154 valence electrons. The first-order valence-electron chi connectivity index (χ1n) is 10.4. The number of hydrogen-bond donors (Lipinski definition) is 0. The Bertz CT molecular complexity index is 1050. The van der Waals surface area contributed by atoms with Gasteiger partial charge in [-0.15, -0.1) is 0 Å². The van der Waals surface area contributed by atoms with Gasteiger partial charge in [-0.2, -0.15) is 0 Å². The summed E-state index contributed by atoms with van der Waals surface area (Å²) in [7, 11) is 2.04. The highest BCUT2D eigenvalue weighted by Crippen LogP contribution is 2.46. The van der Waals surface area contributed by atoms with Crippen LogP contribution in [0.1, 0.15) is 27.7 Å². The summed E-state index contributed by atoms with van der Waals surface area (Å²) in [5.41, 5.74) is 3.01. The van der Waals surface area contributed by atoms with Crippen molar-refractivity contribution in [2.45, 2.75) is 12.6 Å². The van der Waals surface area contributed by atoms with E-state index in [4.69, 9.17) is 11.6 Å². The highest BCUT2D eigenvalue weighted by atomic mass is 35.5. The van der Waals surface area contributed by atoms with E-state index in [-0.39, 0.29) is 11.9 Å². The van der Waals surface area contributed by atoms with Crippen LogP contribution in [0, 0.1) is 11.8 Å². The SMILES string of the molecule is Cn1cncc1CN1C[C@H]2CN(C(=O)c3ccccc3Cl)[C@H](c3ccccc3)[C@H]2C1. The van der Waals surface area contributed by atoms with Crippen molar-refractivity contribution in [3.8, 4) is 0 Å². The molecule has 2 aromatic carbocycles. The summed E-state index contributed by atoms with van der Waals surface area (Å²) in [5, 5.41) is 0.518. The van der Waals surface area contributed by atoms with Gasteiger partial charge in [0, 0.05) is 45.3 Å². The van der Waals surface area contributed by atoms with Crippen molar-refractivity contribution in [1.82, 2.24) is 19.4 Å². The Hall–Kier alpha value is -2.63. The van der Waals surface area contributed by atoms with Crippen molar-refractivity contribution in [2.24, 2.45) is 18.9 Å². The Labute approximate surface area is 181 Å². The first-order valence-corrected chi connectivity index (χ1v) is 10.8. The molecule has 30 heavy (non-hydrogen) atoms. The first kappa shape index (κ1) is 19.3. The lowest BCUT2D eigenvalue weighted by atomic mass is 9.89. The van der Waals surface area contributed by atoms with Gasteiger partial charge in [0.25, 0.3) is 5.91 Å². The maximum Gasteiger partial charge on any atom is 0.255 e. The fourth-order valence-corrected chi connectivity index (χ4v) is 5.32. The molecule has 3 atom stereocenters. The second-order valence-corrected chi connectivity index (χ2v) is 8.81. The van der Waals surface area contributed by atoms with Gasteiger partial charge in [0.2, 0.25) is 0 Å². The number of fused-ring (bicyclic) bond motifs is 1. The number of imidazole rings is 1. The van der Waals surface area contributed by atoms with Crippen LogP contribution in [0.15, 0.2) is 67.1 Å². The van der Waals surface area contributed by atoms with E-state index in [0.29, 0.717) is 22.4 Å². The minimum atomic E-state index is 0.0297. The van der Waals surface area contributed by atoms with Crippen LogP contribution >= 0.6 is 11.6 Å². The summed E-state index contributed by atoms with van der Waals surface area (Å²) in [4.78, 5) is 22.3. The monoisotopic (exact) mass is 420 g/mol. The number of halogens is 1. The van der Waals surface area contributed by atoms with Gasteiger partial charge in [-0.25, -0.2) is 4.98 Å². The number of carbonyl (C=O) groups is 1. The minimum absolute atomic E-state index is 0.0297. The Morgan fingerprint density at radius 3 is 2.57 bits per heavy atom. The quantitative estimate of drug-likeness (QED) is 0.640. The van der Waals surface area contributed by atoms with E-state index >= 15 is 0 Å². The Morgan fingerprint density at radius 2 is 1.83 bits per heavy atom. The molecule has 5 rings (SSSR count). The van der Waals surface area contributed by atoms with E-state index in [1.807, 2.05) is 48.7 Å². The van der Waals surface area contributed by atoms with Gasteiger partial charge in [-0.1, -0.05) is 54.1 Å². The lowest BCUT2D eigenvalue weighted by Gasteiger charge is -2.30. The van der Waals surface area contributed by atoms with Gasteiger partial charge in [0.1, 0.15) is 0 Å². The molecule has 2 aliphatic rings. The van der Waals surface area contributed by atoms with Crippen LogP contribution < -0.4 is 0 Å². The number of hydrogen-bond acceptors (Lipinski definition) is 3. The van der Waals surface area contributed by atoms with Gasteiger partial charge in [-0.3, -0.25) is 9.69 Å². The standard InChI is InChI=1S/C24H25ClN4O/c1-27-16-26-11-19(27)14-28-12-18-13-29(24(30)20-9-5-6-10-22(20)25)23(21(18)15-28)17-7-3-2-4-8-17/h2-11,16,18,21,23H,12-15H2,1H3/t18-,21-,23+/m0/s1. The first-order chi connectivity index (χ1) is 14.6. The minimum Gasteiger partial charge on any atom is -0.337 e. The topological polar surface area (TPSA) is 41.4 Å². The Balaban J connectivity index is 1.43. The van der Waals surface area contributed by atoms with Crippen LogP contribution in [0.2, 0.25) is 5.02 Å². The van der Waals surface area contributed by atoms with Gasteiger partial charge >= 0.3 is 0 Å². The van der Waals surface area contributed by atoms with E-state index in [2.05, 4.69) is 38.7 Å². The third kappa shape index (κ3) is 3.42. The molecule has 0 bridgehead atoms. The number of nitrogens with zero attached hydrogens (tertiary/aromatic N) is 4. The van der Waals surface area contributed by atoms with E-state index in [9.17, 15) is 4.79 Å². The number of aryl methyl sites for hydroxylation is 1. The average molecular weight is 421 g/mol. The summed E-state index contributed by atoms with van der Waals surface area (Å²) in [5.74, 6) is 0.893. The number of likely N-dealkylation sites (tertiary alicyclic amines) is 2. The maximum atomic E-state index is 13.5. The molecular formula is C24H25ClN4O. The summed E-state index contributed by atoms with van der Waals surface area (Å²) in [6.45, 7) is 3.62. The Morgan fingerprint density at radius 1 is 1.07 bits per heavy atom. The number of benzene rings is 2. The molecule has 2 saturated heterocycles. The van der Waals surface area contributed by atoms with Crippen LogP contribution in [0.5, 0.6) is 0 Å². The number of rotatable bonds is 4. The second kappa shape index (κ2) is 7.89.